The molecule has 28 heavy (non-hydrogen) atoms. The number of benzene rings is 1. The van der Waals surface area contributed by atoms with Crippen LogP contribution in [0.5, 0.6) is 0 Å². The maximum atomic E-state index is 4.81. The summed E-state index contributed by atoms with van der Waals surface area (Å²) in [4.78, 5) is 7.41. The van der Waals surface area contributed by atoms with Crippen LogP contribution in [0.2, 0.25) is 0 Å². The molecule has 1 aliphatic heterocycles. The number of hydrogen-bond acceptors (Lipinski definition) is 3. The third-order valence-electron chi connectivity index (χ3n) is 5.47. The number of thiophene rings is 1. The minimum Gasteiger partial charge on any atom is -0.357 e. The molecule has 0 radical (unpaired) electrons. The Morgan fingerprint density at radius 3 is 2.86 bits per heavy atom. The maximum Gasteiger partial charge on any atom is 0.191 e. The number of rotatable bonds is 9. The zero-order chi connectivity index (χ0) is 19.6. The molecule has 5 heteroatoms. The van der Waals surface area contributed by atoms with Gasteiger partial charge in [-0.2, -0.15) is 11.3 Å². The van der Waals surface area contributed by atoms with Gasteiger partial charge in [-0.25, -0.2) is 0 Å². The van der Waals surface area contributed by atoms with E-state index in [2.05, 4.69) is 76.5 Å². The van der Waals surface area contributed by atoms with Gasteiger partial charge in [0.2, 0.25) is 0 Å². The molecule has 1 fully saturated rings. The molecule has 0 saturated carbocycles. The Kier molecular flexibility index (Phi) is 8.37. The predicted octanol–water partition coefficient (Wildman–Crippen LogP) is 3.97. The monoisotopic (exact) mass is 398 g/mol. The van der Waals surface area contributed by atoms with Crippen molar-refractivity contribution in [3.8, 4) is 0 Å². The largest absolute Gasteiger partial charge is 0.357 e. The van der Waals surface area contributed by atoms with E-state index in [0.717, 1.165) is 38.6 Å². The van der Waals surface area contributed by atoms with Crippen LogP contribution in [0.25, 0.3) is 0 Å². The van der Waals surface area contributed by atoms with Crippen LogP contribution in [-0.4, -0.2) is 50.1 Å². The summed E-state index contributed by atoms with van der Waals surface area (Å²) >= 11 is 1.76. The lowest BCUT2D eigenvalue weighted by atomic mass is 10.1. The lowest BCUT2D eigenvalue weighted by molar-refractivity contribution is 0.328. The molecule has 3 rings (SSSR count). The van der Waals surface area contributed by atoms with Crippen molar-refractivity contribution in [2.75, 3.05) is 39.3 Å². The van der Waals surface area contributed by atoms with E-state index < -0.39 is 0 Å². The van der Waals surface area contributed by atoms with Crippen LogP contribution in [0.15, 0.2) is 52.2 Å². The highest BCUT2D eigenvalue weighted by Gasteiger charge is 2.22. The lowest BCUT2D eigenvalue weighted by Crippen LogP contribution is -2.40. The molecule has 1 aromatic heterocycles. The highest BCUT2D eigenvalue weighted by Crippen LogP contribution is 2.18. The maximum absolute atomic E-state index is 4.81. The average molecular weight is 399 g/mol. The van der Waals surface area contributed by atoms with Gasteiger partial charge >= 0.3 is 0 Å². The summed E-state index contributed by atoms with van der Waals surface area (Å²) in [5, 5.41) is 11.3. The average Bonchev–Trinajstić information content (AvgIpc) is 3.41. The number of aliphatic imine (C=N–C) groups is 1. The first-order chi connectivity index (χ1) is 13.7. The van der Waals surface area contributed by atoms with Crippen LogP contribution in [0.4, 0.5) is 0 Å². The van der Waals surface area contributed by atoms with E-state index in [1.807, 2.05) is 0 Å². The van der Waals surface area contributed by atoms with E-state index in [1.54, 1.807) is 11.3 Å². The van der Waals surface area contributed by atoms with Crippen molar-refractivity contribution in [3.05, 3.63) is 58.3 Å². The van der Waals surface area contributed by atoms with E-state index in [-0.39, 0.29) is 0 Å². The highest BCUT2D eigenvalue weighted by atomic mass is 32.1. The molecule has 2 N–H and O–H groups in total. The van der Waals surface area contributed by atoms with Crippen LogP contribution >= 0.6 is 11.3 Å². The first-order valence-electron chi connectivity index (χ1n) is 10.5. The molecule has 0 aliphatic carbocycles. The first-order valence-corrected chi connectivity index (χ1v) is 11.5. The first kappa shape index (κ1) is 20.9. The number of hydrogen-bond donors (Lipinski definition) is 2. The van der Waals surface area contributed by atoms with E-state index in [4.69, 9.17) is 4.99 Å². The van der Waals surface area contributed by atoms with Gasteiger partial charge in [-0.05, 0) is 60.2 Å². The summed E-state index contributed by atoms with van der Waals surface area (Å²) in [6.07, 6.45) is 2.41. The summed E-state index contributed by atoms with van der Waals surface area (Å²) in [5.74, 6) is 2.11. The van der Waals surface area contributed by atoms with Crippen LogP contribution in [0, 0.1) is 5.92 Å². The van der Waals surface area contributed by atoms with E-state index in [1.165, 1.54) is 30.6 Å². The number of nitrogens with one attached hydrogen (secondary N) is 2. The Balaban J connectivity index is 1.40. The molecular formula is C23H34N4S. The van der Waals surface area contributed by atoms with Gasteiger partial charge in [-0.1, -0.05) is 37.3 Å². The van der Waals surface area contributed by atoms with Crippen molar-refractivity contribution in [1.82, 2.24) is 15.5 Å². The van der Waals surface area contributed by atoms with Crippen molar-refractivity contribution in [2.24, 2.45) is 10.9 Å². The van der Waals surface area contributed by atoms with Crippen molar-refractivity contribution >= 4 is 17.3 Å². The van der Waals surface area contributed by atoms with Crippen LogP contribution in [-0.2, 0) is 6.42 Å². The Labute approximate surface area is 174 Å². The minimum atomic E-state index is 0.460. The molecule has 1 aromatic carbocycles. The van der Waals surface area contributed by atoms with Crippen molar-refractivity contribution in [1.29, 1.82) is 0 Å². The molecule has 2 unspecified atom stereocenters. The van der Waals surface area contributed by atoms with Crippen molar-refractivity contribution in [3.63, 3.8) is 0 Å². The fourth-order valence-electron chi connectivity index (χ4n) is 3.69. The molecule has 1 aliphatic rings. The van der Waals surface area contributed by atoms with Crippen LogP contribution in [0.1, 0.15) is 37.3 Å². The van der Waals surface area contributed by atoms with Gasteiger partial charge in [0.05, 0.1) is 0 Å². The third-order valence-corrected chi connectivity index (χ3v) is 6.17. The Hall–Kier alpha value is -1.85. The van der Waals surface area contributed by atoms with Crippen molar-refractivity contribution in [2.45, 2.75) is 32.6 Å². The molecule has 4 nitrogen and oxygen atoms in total. The summed E-state index contributed by atoms with van der Waals surface area (Å²) in [7, 11) is 0. The molecule has 0 spiro atoms. The van der Waals surface area contributed by atoms with E-state index >= 15 is 0 Å². The standard InChI is InChI=1S/C23H34N4S/c1-3-24-23(25-15-19(2)22-11-14-28-18-22)26-16-21-10-13-27(17-21)12-9-20-7-5-4-6-8-20/h4-8,11,14,18-19,21H,3,9-10,12-13,15-17H2,1-2H3,(H2,24,25,26). The fourth-order valence-corrected chi connectivity index (χ4v) is 4.47. The topological polar surface area (TPSA) is 39.7 Å². The number of likely N-dealkylation sites (tertiary alicyclic amines) is 1. The molecular weight excluding hydrogens is 364 g/mol. The van der Waals surface area contributed by atoms with Gasteiger partial charge in [0, 0.05) is 38.6 Å². The van der Waals surface area contributed by atoms with Crippen LogP contribution < -0.4 is 10.6 Å². The molecule has 152 valence electrons. The molecule has 0 amide bonds. The zero-order valence-electron chi connectivity index (χ0n) is 17.2. The Morgan fingerprint density at radius 2 is 2.11 bits per heavy atom. The molecule has 0 bridgehead atoms. The van der Waals surface area contributed by atoms with Gasteiger partial charge in [0.15, 0.2) is 5.96 Å². The lowest BCUT2D eigenvalue weighted by Gasteiger charge is -2.18. The normalized spacial score (nSPS) is 18.9. The summed E-state index contributed by atoms with van der Waals surface area (Å²) in [5.41, 5.74) is 2.82. The molecule has 2 aromatic rings. The summed E-state index contributed by atoms with van der Waals surface area (Å²) < 4.78 is 0. The minimum absolute atomic E-state index is 0.460. The highest BCUT2D eigenvalue weighted by molar-refractivity contribution is 7.07. The van der Waals surface area contributed by atoms with Crippen LogP contribution in [0.3, 0.4) is 0 Å². The number of nitrogens with zero attached hydrogens (tertiary/aromatic N) is 2. The summed E-state index contributed by atoms with van der Waals surface area (Å²) in [6, 6.07) is 13.0. The van der Waals surface area contributed by atoms with E-state index in [9.17, 15) is 0 Å². The van der Waals surface area contributed by atoms with Gasteiger partial charge in [-0.15, -0.1) is 0 Å². The third kappa shape index (κ3) is 6.64. The van der Waals surface area contributed by atoms with Gasteiger partial charge in [0.25, 0.3) is 0 Å². The Morgan fingerprint density at radius 1 is 1.25 bits per heavy atom. The van der Waals surface area contributed by atoms with Gasteiger partial charge in [0.1, 0.15) is 0 Å². The van der Waals surface area contributed by atoms with Gasteiger partial charge < -0.3 is 15.5 Å². The quantitative estimate of drug-likeness (QED) is 0.496. The second-order valence-corrected chi connectivity index (χ2v) is 8.53. The predicted molar refractivity (Wildman–Crippen MR) is 121 cm³/mol. The second-order valence-electron chi connectivity index (χ2n) is 7.75. The molecule has 1 saturated heterocycles. The van der Waals surface area contributed by atoms with Crippen molar-refractivity contribution < 1.29 is 0 Å². The zero-order valence-corrected chi connectivity index (χ0v) is 18.0. The number of guanidine groups is 1. The van der Waals surface area contributed by atoms with E-state index in [0.29, 0.717) is 11.8 Å². The Bertz CT molecular complexity index is 699. The van der Waals surface area contributed by atoms with Gasteiger partial charge in [-0.3, -0.25) is 4.99 Å². The molecule has 2 heterocycles. The summed E-state index contributed by atoms with van der Waals surface area (Å²) in [6.45, 7) is 10.6. The second kappa shape index (κ2) is 11.2. The SMILES string of the molecule is CCNC(=NCC(C)c1ccsc1)NCC1CCN(CCc2ccccc2)C1. The fraction of sp³-hybridized carbons (Fsp3) is 0.522. The smallest absolute Gasteiger partial charge is 0.191 e. The molecule has 2 atom stereocenters.